The van der Waals surface area contributed by atoms with Crippen molar-refractivity contribution in [3.05, 3.63) is 47.4 Å². The van der Waals surface area contributed by atoms with Crippen molar-refractivity contribution in [3.8, 4) is 11.8 Å². The fraction of sp³-hybridized carbons (Fsp3) is 0.364. The number of nitrogens with zero attached hydrogens (tertiary/aromatic N) is 4. The van der Waals surface area contributed by atoms with Crippen molar-refractivity contribution in [1.29, 1.82) is 0 Å². The molecule has 33 heavy (non-hydrogen) atoms. The molecule has 0 aromatic carbocycles. The van der Waals surface area contributed by atoms with Crippen molar-refractivity contribution in [2.24, 2.45) is 5.41 Å². The molecule has 2 fully saturated rings. The van der Waals surface area contributed by atoms with Crippen LogP contribution in [0, 0.1) is 23.2 Å². The third kappa shape index (κ3) is 3.30. The molecular weight excluding hydrogens is 431 g/mol. The Kier molecular flexibility index (Phi) is 4.83. The number of nitrogens with one attached hydrogen (secondary N) is 2. The van der Waals surface area contributed by atoms with E-state index in [2.05, 4.69) is 37.4 Å². The lowest BCUT2D eigenvalue weighted by molar-refractivity contribution is -0.153. The van der Waals surface area contributed by atoms with Gasteiger partial charge in [0.1, 0.15) is 11.5 Å². The van der Waals surface area contributed by atoms with Crippen LogP contribution in [-0.2, 0) is 20.7 Å². The van der Waals surface area contributed by atoms with Crippen molar-refractivity contribution < 1.29 is 23.5 Å². The highest BCUT2D eigenvalue weighted by Crippen LogP contribution is 2.46. The first-order valence-corrected chi connectivity index (χ1v) is 10.4. The number of rotatable bonds is 0. The van der Waals surface area contributed by atoms with E-state index in [1.54, 1.807) is 11.8 Å². The summed E-state index contributed by atoms with van der Waals surface area (Å²) in [6.45, 7) is 3.87. The molecule has 2 aromatic rings. The fourth-order valence-electron chi connectivity index (χ4n) is 4.90. The topological polar surface area (TPSA) is 126 Å². The van der Waals surface area contributed by atoms with E-state index in [0.29, 0.717) is 17.1 Å². The van der Waals surface area contributed by atoms with Gasteiger partial charge in [0.05, 0.1) is 30.0 Å². The Labute approximate surface area is 187 Å². The maximum Gasteiger partial charge on any atom is 0.328 e. The molecule has 11 heteroatoms. The van der Waals surface area contributed by atoms with Gasteiger partial charge in [-0.1, -0.05) is 5.92 Å². The van der Waals surface area contributed by atoms with E-state index < -0.39 is 41.4 Å². The molecular formula is C22H19FN6O4. The molecule has 3 atom stereocenters. The summed E-state index contributed by atoms with van der Waals surface area (Å²) in [5.74, 6) is 3.54. The van der Waals surface area contributed by atoms with Crippen molar-refractivity contribution in [2.75, 3.05) is 11.4 Å². The van der Waals surface area contributed by atoms with E-state index in [1.165, 1.54) is 24.7 Å². The number of hydrogen-bond donors (Lipinski definition) is 2. The van der Waals surface area contributed by atoms with E-state index in [1.807, 2.05) is 6.92 Å². The molecule has 4 amide bonds. The van der Waals surface area contributed by atoms with Gasteiger partial charge in [-0.05, 0) is 31.4 Å². The average molecular weight is 450 g/mol. The number of hydrogen-bond acceptors (Lipinski definition) is 8. The number of fused-ring (bicyclic) bond motifs is 4. The van der Waals surface area contributed by atoms with Gasteiger partial charge in [-0.15, -0.1) is 0 Å². The second-order valence-electron chi connectivity index (χ2n) is 8.28. The summed E-state index contributed by atoms with van der Waals surface area (Å²) in [5.41, 5.74) is -0.839. The minimum atomic E-state index is -1.66. The fourth-order valence-corrected chi connectivity index (χ4v) is 4.90. The van der Waals surface area contributed by atoms with Crippen LogP contribution in [0.1, 0.15) is 30.7 Å². The number of carbonyl (C=O) groups is 3. The van der Waals surface area contributed by atoms with Crippen LogP contribution < -0.4 is 15.5 Å². The molecule has 3 aliphatic rings. The highest BCUT2D eigenvalue weighted by Gasteiger charge is 2.63. The van der Waals surface area contributed by atoms with E-state index in [-0.39, 0.29) is 24.6 Å². The SMILES string of the molecule is C[C@@H]1CN2c3nc(F)c(C#Cc4cnccn4)cc3CC3(C(=O)NC(=O)NC3=O)[C@H]2[C@H](C)O1. The van der Waals surface area contributed by atoms with Crippen LogP contribution in [0.5, 0.6) is 0 Å². The van der Waals surface area contributed by atoms with Crippen molar-refractivity contribution in [3.63, 3.8) is 0 Å². The van der Waals surface area contributed by atoms with E-state index in [9.17, 15) is 18.8 Å². The van der Waals surface area contributed by atoms with Gasteiger partial charge in [-0.3, -0.25) is 25.2 Å². The van der Waals surface area contributed by atoms with Gasteiger partial charge in [0.25, 0.3) is 0 Å². The monoisotopic (exact) mass is 450 g/mol. The number of halogens is 1. The molecule has 2 N–H and O–H groups in total. The van der Waals surface area contributed by atoms with Crippen LogP contribution in [0.25, 0.3) is 0 Å². The lowest BCUT2D eigenvalue weighted by Crippen LogP contribution is -2.75. The second kappa shape index (κ2) is 7.60. The maximum atomic E-state index is 15.0. The number of morpholine rings is 1. The Hall–Kier alpha value is -3.91. The number of amides is 4. The Morgan fingerprint density at radius 1 is 1.18 bits per heavy atom. The van der Waals surface area contributed by atoms with Crippen LogP contribution in [0.3, 0.4) is 0 Å². The largest absolute Gasteiger partial charge is 0.372 e. The van der Waals surface area contributed by atoms with E-state index in [4.69, 9.17) is 4.74 Å². The summed E-state index contributed by atoms with van der Waals surface area (Å²) in [5, 5.41) is 4.42. The van der Waals surface area contributed by atoms with Crippen LogP contribution in [0.2, 0.25) is 0 Å². The van der Waals surface area contributed by atoms with Gasteiger partial charge in [0.15, 0.2) is 5.41 Å². The maximum absolute atomic E-state index is 15.0. The summed E-state index contributed by atoms with van der Waals surface area (Å²) in [7, 11) is 0. The van der Waals surface area contributed by atoms with Crippen LogP contribution in [-0.4, -0.2) is 57.6 Å². The third-order valence-electron chi connectivity index (χ3n) is 6.11. The Morgan fingerprint density at radius 3 is 2.64 bits per heavy atom. The number of carbonyl (C=O) groups excluding carboxylic acids is 3. The second-order valence-corrected chi connectivity index (χ2v) is 8.28. The third-order valence-corrected chi connectivity index (χ3v) is 6.11. The molecule has 2 saturated heterocycles. The Balaban J connectivity index is 1.65. The number of imide groups is 2. The summed E-state index contributed by atoms with van der Waals surface area (Å²) in [4.78, 5) is 51.9. The number of anilines is 1. The zero-order chi connectivity index (χ0) is 23.3. The van der Waals surface area contributed by atoms with Crippen LogP contribution in [0.15, 0.2) is 24.7 Å². The molecule has 0 radical (unpaired) electrons. The van der Waals surface area contributed by atoms with Crippen molar-refractivity contribution in [1.82, 2.24) is 25.6 Å². The predicted octanol–water partition coefficient (Wildman–Crippen LogP) is 0.301. The Morgan fingerprint density at radius 2 is 1.94 bits per heavy atom. The summed E-state index contributed by atoms with van der Waals surface area (Å²) in [6, 6.07) is -0.169. The van der Waals surface area contributed by atoms with Gasteiger partial charge in [0, 0.05) is 25.4 Å². The molecule has 0 bridgehead atoms. The van der Waals surface area contributed by atoms with Crippen molar-refractivity contribution in [2.45, 2.75) is 38.5 Å². The molecule has 3 aliphatic heterocycles. The van der Waals surface area contributed by atoms with Gasteiger partial charge in [-0.25, -0.2) is 14.8 Å². The molecule has 2 aromatic heterocycles. The van der Waals surface area contributed by atoms with Gasteiger partial charge < -0.3 is 9.64 Å². The number of barbiturate groups is 1. The molecule has 10 nitrogen and oxygen atoms in total. The lowest BCUT2D eigenvalue weighted by atomic mass is 9.67. The van der Waals surface area contributed by atoms with Crippen molar-refractivity contribution >= 4 is 23.7 Å². The zero-order valence-electron chi connectivity index (χ0n) is 17.8. The number of ether oxygens (including phenoxy) is 1. The summed E-state index contributed by atoms with van der Waals surface area (Å²) >= 11 is 0. The normalized spacial score (nSPS) is 25.4. The highest BCUT2D eigenvalue weighted by molar-refractivity contribution is 6.20. The lowest BCUT2D eigenvalue weighted by Gasteiger charge is -2.54. The Bertz CT molecular complexity index is 1220. The molecule has 0 saturated carbocycles. The first-order valence-electron chi connectivity index (χ1n) is 10.4. The van der Waals surface area contributed by atoms with E-state index >= 15 is 0 Å². The highest BCUT2D eigenvalue weighted by atomic mass is 19.1. The molecule has 1 spiro atoms. The zero-order valence-corrected chi connectivity index (χ0v) is 17.8. The van der Waals surface area contributed by atoms with Gasteiger partial charge in [-0.2, -0.15) is 4.39 Å². The molecule has 5 rings (SSSR count). The van der Waals surface area contributed by atoms with E-state index in [0.717, 1.165) is 0 Å². The number of pyridine rings is 1. The molecule has 5 heterocycles. The first-order chi connectivity index (χ1) is 15.8. The minimum absolute atomic E-state index is 0.00457. The molecule has 0 unspecified atom stereocenters. The molecule has 168 valence electrons. The van der Waals surface area contributed by atoms with Gasteiger partial charge in [0.2, 0.25) is 17.8 Å². The summed E-state index contributed by atoms with van der Waals surface area (Å²) in [6.07, 6.45) is 3.50. The predicted molar refractivity (Wildman–Crippen MR) is 111 cm³/mol. The first kappa shape index (κ1) is 21.0. The van der Waals surface area contributed by atoms with Gasteiger partial charge >= 0.3 is 6.03 Å². The summed E-state index contributed by atoms with van der Waals surface area (Å²) < 4.78 is 20.9. The standard InChI is InChI=1S/C22H19FN6O4/c1-11-10-29-16(12(2)33-11)22(19(30)27-21(32)28-20(22)31)8-14-7-13(17(23)26-18(14)29)3-4-15-9-24-5-6-25-15/h5-7,9,11-12,16H,8,10H2,1-2H3,(H2,27,28,30,31,32)/t11-,12+,16-/m1/s1. The number of urea groups is 1. The van der Waals surface area contributed by atoms with Crippen LogP contribution >= 0.6 is 0 Å². The molecule has 0 aliphatic carbocycles. The van der Waals surface area contributed by atoms with Crippen LogP contribution in [0.4, 0.5) is 15.0 Å². The average Bonchev–Trinajstić information content (AvgIpc) is 2.76. The quantitative estimate of drug-likeness (QED) is 0.334. The minimum Gasteiger partial charge on any atom is -0.372 e. The smallest absolute Gasteiger partial charge is 0.328 e. The number of aromatic nitrogens is 3.